The number of aromatic amines is 1. The molecule has 1 aromatic heterocycles. The van der Waals surface area contributed by atoms with Crippen LogP contribution in [0.1, 0.15) is 17.5 Å². The highest BCUT2D eigenvalue weighted by atomic mass is 16.5. The van der Waals surface area contributed by atoms with E-state index < -0.39 is 5.91 Å². The molecule has 0 unspecified atom stereocenters. The zero-order valence-corrected chi connectivity index (χ0v) is 14.0. The van der Waals surface area contributed by atoms with E-state index in [0.29, 0.717) is 18.5 Å². The van der Waals surface area contributed by atoms with Crippen LogP contribution in [-0.4, -0.2) is 22.0 Å². The van der Waals surface area contributed by atoms with Gasteiger partial charge < -0.3 is 10.3 Å². The molecule has 0 radical (unpaired) electrons. The third kappa shape index (κ3) is 4.37. The number of rotatable bonds is 6. The third-order valence-corrected chi connectivity index (χ3v) is 4.03. The second kappa shape index (κ2) is 8.13. The van der Waals surface area contributed by atoms with Crippen LogP contribution in [0.2, 0.25) is 0 Å². The van der Waals surface area contributed by atoms with Gasteiger partial charge in [-0.1, -0.05) is 30.3 Å². The summed E-state index contributed by atoms with van der Waals surface area (Å²) in [6.07, 6.45) is 5.78. The molecule has 1 heterocycles. The Balaban J connectivity index is 1.55. The van der Waals surface area contributed by atoms with Crippen LogP contribution in [0.25, 0.3) is 17.0 Å². The summed E-state index contributed by atoms with van der Waals surface area (Å²) in [6.45, 7) is 0. The fourth-order valence-electron chi connectivity index (χ4n) is 2.70. The van der Waals surface area contributed by atoms with Gasteiger partial charge in [0.05, 0.1) is 0 Å². The predicted octanol–water partition coefficient (Wildman–Crippen LogP) is 3.26. The number of anilines is 1. The minimum absolute atomic E-state index is 0.0572. The minimum Gasteiger partial charge on any atom is -0.361 e. The molecule has 132 valence electrons. The van der Waals surface area contributed by atoms with Crippen molar-refractivity contribution in [3.8, 4) is 0 Å². The van der Waals surface area contributed by atoms with E-state index >= 15 is 0 Å². The van der Waals surface area contributed by atoms with Crippen LogP contribution in [0, 0.1) is 0 Å². The normalized spacial score (nSPS) is 11.0. The lowest BCUT2D eigenvalue weighted by Gasteiger charge is -2.05. The number of para-hydroxylation sites is 1. The van der Waals surface area contributed by atoms with Crippen LogP contribution < -0.4 is 10.8 Å². The van der Waals surface area contributed by atoms with Gasteiger partial charge >= 0.3 is 0 Å². The van der Waals surface area contributed by atoms with E-state index in [2.05, 4.69) is 10.3 Å². The number of hydroxylamine groups is 1. The van der Waals surface area contributed by atoms with E-state index in [4.69, 9.17) is 5.21 Å². The van der Waals surface area contributed by atoms with Crippen molar-refractivity contribution < 1.29 is 14.8 Å². The Morgan fingerprint density at radius 2 is 1.85 bits per heavy atom. The van der Waals surface area contributed by atoms with Gasteiger partial charge in [-0.05, 0) is 41.8 Å². The van der Waals surface area contributed by atoms with Gasteiger partial charge in [-0.3, -0.25) is 14.8 Å². The number of aromatic nitrogens is 1. The van der Waals surface area contributed by atoms with Crippen molar-refractivity contribution in [2.24, 2.45) is 0 Å². The Labute approximate surface area is 150 Å². The maximum absolute atomic E-state index is 12.2. The third-order valence-electron chi connectivity index (χ3n) is 4.03. The van der Waals surface area contributed by atoms with Gasteiger partial charge in [0.15, 0.2) is 0 Å². The zero-order chi connectivity index (χ0) is 18.4. The van der Waals surface area contributed by atoms with E-state index in [0.717, 1.165) is 22.0 Å². The summed E-state index contributed by atoms with van der Waals surface area (Å²) in [5, 5.41) is 12.4. The molecular weight excluding hydrogens is 330 g/mol. The van der Waals surface area contributed by atoms with Crippen LogP contribution in [0.15, 0.2) is 60.8 Å². The average Bonchev–Trinajstić information content (AvgIpc) is 3.09. The van der Waals surface area contributed by atoms with Crippen LogP contribution in [0.3, 0.4) is 0 Å². The molecule has 0 bridgehead atoms. The summed E-state index contributed by atoms with van der Waals surface area (Å²) < 4.78 is 0. The summed E-state index contributed by atoms with van der Waals surface area (Å²) in [6, 6.07) is 15.1. The smallest absolute Gasteiger partial charge is 0.267 e. The van der Waals surface area contributed by atoms with Gasteiger partial charge in [-0.2, -0.15) is 0 Å². The van der Waals surface area contributed by atoms with Crippen molar-refractivity contribution in [2.75, 3.05) is 5.32 Å². The fraction of sp³-hybridized carbons (Fsp3) is 0.100. The molecule has 0 atom stereocenters. The second-order valence-corrected chi connectivity index (χ2v) is 5.84. The Hall–Kier alpha value is -3.38. The number of hydrogen-bond donors (Lipinski definition) is 4. The first-order valence-corrected chi connectivity index (χ1v) is 8.23. The molecule has 2 aromatic carbocycles. The molecule has 0 aliphatic heterocycles. The van der Waals surface area contributed by atoms with Crippen molar-refractivity contribution in [1.82, 2.24) is 10.5 Å². The average molecular weight is 349 g/mol. The zero-order valence-electron chi connectivity index (χ0n) is 14.0. The minimum atomic E-state index is -0.598. The van der Waals surface area contributed by atoms with Crippen molar-refractivity contribution in [1.29, 1.82) is 0 Å². The van der Waals surface area contributed by atoms with Crippen molar-refractivity contribution in [2.45, 2.75) is 12.8 Å². The monoisotopic (exact) mass is 349 g/mol. The van der Waals surface area contributed by atoms with Crippen LogP contribution >= 0.6 is 0 Å². The summed E-state index contributed by atoms with van der Waals surface area (Å²) in [5.74, 6) is -0.655. The van der Waals surface area contributed by atoms with Gasteiger partial charge in [0.25, 0.3) is 5.91 Å². The first kappa shape index (κ1) is 17.4. The first-order chi connectivity index (χ1) is 12.7. The van der Waals surface area contributed by atoms with Gasteiger partial charge in [0.2, 0.25) is 5.91 Å². The predicted molar refractivity (Wildman–Crippen MR) is 101 cm³/mol. The molecule has 4 N–H and O–H groups in total. The summed E-state index contributed by atoms with van der Waals surface area (Å²) in [4.78, 5) is 26.3. The maximum atomic E-state index is 12.2. The van der Waals surface area contributed by atoms with E-state index in [1.807, 2.05) is 30.5 Å². The molecule has 26 heavy (non-hydrogen) atoms. The Kier molecular flexibility index (Phi) is 5.46. The topological polar surface area (TPSA) is 94.2 Å². The number of carbonyl (C=O) groups is 2. The van der Waals surface area contributed by atoms with Gasteiger partial charge in [-0.15, -0.1) is 0 Å². The molecule has 2 amide bonds. The number of carbonyl (C=O) groups excluding carboxylic acids is 2. The molecule has 0 spiro atoms. The number of hydrogen-bond acceptors (Lipinski definition) is 3. The number of fused-ring (bicyclic) bond motifs is 1. The Bertz CT molecular complexity index is 942. The highest BCUT2D eigenvalue weighted by Gasteiger charge is 2.07. The lowest BCUT2D eigenvalue weighted by Crippen LogP contribution is -2.14. The molecule has 3 rings (SSSR count). The number of aryl methyl sites for hydroxylation is 1. The molecule has 0 fully saturated rings. The second-order valence-electron chi connectivity index (χ2n) is 5.84. The fourth-order valence-corrected chi connectivity index (χ4v) is 2.70. The maximum Gasteiger partial charge on any atom is 0.267 e. The van der Waals surface area contributed by atoms with Gasteiger partial charge in [0.1, 0.15) is 0 Å². The van der Waals surface area contributed by atoms with Crippen molar-refractivity contribution in [3.05, 3.63) is 71.9 Å². The molecule has 6 heteroatoms. The lowest BCUT2D eigenvalue weighted by atomic mass is 10.1. The highest BCUT2D eigenvalue weighted by Crippen LogP contribution is 2.19. The van der Waals surface area contributed by atoms with E-state index in [-0.39, 0.29) is 5.91 Å². The molecule has 0 saturated heterocycles. The van der Waals surface area contributed by atoms with Gasteiger partial charge in [-0.25, -0.2) is 5.48 Å². The quantitative estimate of drug-likeness (QED) is 0.312. The molecule has 3 aromatic rings. The number of benzene rings is 2. The molecule has 0 saturated carbocycles. The number of nitrogens with one attached hydrogen (secondary N) is 3. The Morgan fingerprint density at radius 3 is 2.62 bits per heavy atom. The summed E-state index contributed by atoms with van der Waals surface area (Å²) >= 11 is 0. The molecule has 0 aliphatic carbocycles. The SMILES string of the molecule is O=C(/C=C/c1ccc(NC(=O)CCc2c[nH]c3ccccc23)cc1)NO. The van der Waals surface area contributed by atoms with E-state index in [9.17, 15) is 9.59 Å². The van der Waals surface area contributed by atoms with Crippen molar-refractivity contribution >= 4 is 34.5 Å². The summed E-state index contributed by atoms with van der Waals surface area (Å²) in [7, 11) is 0. The van der Waals surface area contributed by atoms with Gasteiger partial charge in [0, 0.05) is 35.3 Å². The van der Waals surface area contributed by atoms with E-state index in [1.165, 1.54) is 11.6 Å². The standard InChI is InChI=1S/C20H19N3O3/c24-19(12-8-15-13-21-18-4-2-1-3-17(15)18)22-16-9-5-14(6-10-16)7-11-20(25)23-26/h1-7,9-11,13,21,26H,8,12H2,(H,22,24)(H,23,25)/b11-7+. The molecule has 0 aliphatic rings. The Morgan fingerprint density at radius 1 is 1.08 bits per heavy atom. The largest absolute Gasteiger partial charge is 0.361 e. The lowest BCUT2D eigenvalue weighted by molar-refractivity contribution is -0.124. The van der Waals surface area contributed by atoms with Crippen LogP contribution in [-0.2, 0) is 16.0 Å². The summed E-state index contributed by atoms with van der Waals surface area (Å²) in [5.41, 5.74) is 5.19. The van der Waals surface area contributed by atoms with E-state index in [1.54, 1.807) is 30.3 Å². The first-order valence-electron chi connectivity index (χ1n) is 8.23. The highest BCUT2D eigenvalue weighted by molar-refractivity contribution is 5.92. The van der Waals surface area contributed by atoms with Crippen LogP contribution in [0.4, 0.5) is 5.69 Å². The number of H-pyrrole nitrogens is 1. The van der Waals surface area contributed by atoms with Crippen LogP contribution in [0.5, 0.6) is 0 Å². The molecule has 6 nitrogen and oxygen atoms in total. The number of amides is 2. The van der Waals surface area contributed by atoms with Crippen molar-refractivity contribution in [3.63, 3.8) is 0 Å². The molecular formula is C20H19N3O3.